The predicted octanol–water partition coefficient (Wildman–Crippen LogP) is 2.42. The standard InChI is InChI=1S/C9H6BrN3O4/c1-16-7-3-2-5(4-6(7)13(14)15)8-11-12-9(10)17-8/h2-4H,1H3. The maximum absolute atomic E-state index is 10.8. The van der Waals surface area contributed by atoms with Crippen molar-refractivity contribution in [2.45, 2.75) is 0 Å². The summed E-state index contributed by atoms with van der Waals surface area (Å²) < 4.78 is 9.99. The second-order valence-electron chi connectivity index (χ2n) is 3.00. The molecule has 0 atom stereocenters. The fourth-order valence-electron chi connectivity index (χ4n) is 1.29. The first-order valence-electron chi connectivity index (χ1n) is 4.43. The van der Waals surface area contributed by atoms with Gasteiger partial charge >= 0.3 is 5.69 Å². The lowest BCUT2D eigenvalue weighted by atomic mass is 10.2. The van der Waals surface area contributed by atoms with Gasteiger partial charge in [-0.2, -0.15) is 0 Å². The van der Waals surface area contributed by atoms with E-state index < -0.39 is 4.92 Å². The molecule has 0 amide bonds. The molecule has 1 aromatic carbocycles. The quantitative estimate of drug-likeness (QED) is 0.638. The average Bonchev–Trinajstić information content (AvgIpc) is 2.75. The smallest absolute Gasteiger partial charge is 0.311 e. The predicted molar refractivity (Wildman–Crippen MR) is 60.6 cm³/mol. The van der Waals surface area contributed by atoms with Crippen molar-refractivity contribution < 1.29 is 14.1 Å². The van der Waals surface area contributed by atoms with Gasteiger partial charge in [0.1, 0.15) is 0 Å². The van der Waals surface area contributed by atoms with E-state index in [4.69, 9.17) is 9.15 Å². The van der Waals surface area contributed by atoms with Crippen molar-refractivity contribution >= 4 is 21.6 Å². The molecule has 1 heterocycles. The first-order valence-corrected chi connectivity index (χ1v) is 5.23. The minimum atomic E-state index is -0.534. The number of halogens is 1. The van der Waals surface area contributed by atoms with Crippen molar-refractivity contribution in [3.8, 4) is 17.2 Å². The Morgan fingerprint density at radius 3 is 2.76 bits per heavy atom. The monoisotopic (exact) mass is 299 g/mol. The first-order chi connectivity index (χ1) is 8.11. The number of hydrogen-bond acceptors (Lipinski definition) is 6. The van der Waals surface area contributed by atoms with Gasteiger partial charge in [0.2, 0.25) is 5.89 Å². The lowest BCUT2D eigenvalue weighted by Gasteiger charge is -2.01. The molecule has 17 heavy (non-hydrogen) atoms. The molecule has 88 valence electrons. The number of hydrogen-bond donors (Lipinski definition) is 0. The number of ether oxygens (including phenoxy) is 1. The topological polar surface area (TPSA) is 91.3 Å². The molecule has 0 saturated heterocycles. The summed E-state index contributed by atoms with van der Waals surface area (Å²) in [5.41, 5.74) is 0.301. The van der Waals surface area contributed by atoms with Crippen LogP contribution in [-0.2, 0) is 0 Å². The molecule has 0 N–H and O–H groups in total. The van der Waals surface area contributed by atoms with E-state index in [0.29, 0.717) is 5.56 Å². The van der Waals surface area contributed by atoms with Gasteiger partial charge in [0.05, 0.1) is 12.0 Å². The summed E-state index contributed by atoms with van der Waals surface area (Å²) in [7, 11) is 1.37. The van der Waals surface area contributed by atoms with Crippen molar-refractivity contribution in [2.75, 3.05) is 7.11 Å². The van der Waals surface area contributed by atoms with Crippen LogP contribution in [0.3, 0.4) is 0 Å². The van der Waals surface area contributed by atoms with Crippen LogP contribution < -0.4 is 4.74 Å². The van der Waals surface area contributed by atoms with Gasteiger partial charge in [-0.3, -0.25) is 10.1 Å². The number of aromatic nitrogens is 2. The maximum atomic E-state index is 10.8. The van der Waals surface area contributed by atoms with Crippen LogP contribution in [-0.4, -0.2) is 22.2 Å². The van der Waals surface area contributed by atoms with Crippen LogP contribution in [0.25, 0.3) is 11.5 Å². The molecular formula is C9H6BrN3O4. The van der Waals surface area contributed by atoms with E-state index in [1.165, 1.54) is 19.2 Å². The molecule has 0 radical (unpaired) electrons. The van der Waals surface area contributed by atoms with E-state index in [9.17, 15) is 10.1 Å². The van der Waals surface area contributed by atoms with E-state index in [0.717, 1.165) is 0 Å². The Labute approximate surface area is 104 Å². The molecule has 2 rings (SSSR count). The molecule has 0 unspecified atom stereocenters. The third-order valence-corrected chi connectivity index (χ3v) is 2.34. The van der Waals surface area contributed by atoms with Crippen LogP contribution in [0.5, 0.6) is 5.75 Å². The number of benzene rings is 1. The summed E-state index contributed by atoms with van der Waals surface area (Å²) in [4.78, 5) is 10.5. The van der Waals surface area contributed by atoms with E-state index in [1.807, 2.05) is 0 Å². The molecular weight excluding hydrogens is 294 g/mol. The third-order valence-electron chi connectivity index (χ3n) is 2.02. The van der Waals surface area contributed by atoms with Crippen molar-refractivity contribution in [1.82, 2.24) is 10.2 Å². The van der Waals surface area contributed by atoms with Gasteiger partial charge in [-0.15, -0.1) is 10.2 Å². The van der Waals surface area contributed by atoms with Gasteiger partial charge in [-0.25, -0.2) is 0 Å². The highest BCUT2D eigenvalue weighted by molar-refractivity contribution is 9.10. The molecule has 0 bridgehead atoms. The SMILES string of the molecule is COc1ccc(-c2nnc(Br)o2)cc1[N+](=O)[O-]. The Morgan fingerprint density at radius 2 is 2.24 bits per heavy atom. The Bertz CT molecular complexity index is 569. The summed E-state index contributed by atoms with van der Waals surface area (Å²) in [5, 5.41) is 18.1. The molecule has 0 aliphatic carbocycles. The number of nitro benzene ring substituents is 1. The first kappa shape index (κ1) is 11.5. The molecule has 1 aromatic heterocycles. The molecule has 0 aliphatic heterocycles. The molecule has 7 nitrogen and oxygen atoms in total. The Morgan fingerprint density at radius 1 is 1.47 bits per heavy atom. The minimum Gasteiger partial charge on any atom is -0.490 e. The van der Waals surface area contributed by atoms with E-state index >= 15 is 0 Å². The molecule has 0 spiro atoms. The molecule has 0 aliphatic rings. The maximum Gasteiger partial charge on any atom is 0.311 e. The Kier molecular flexibility index (Phi) is 3.05. The number of methoxy groups -OCH3 is 1. The highest BCUT2D eigenvalue weighted by atomic mass is 79.9. The summed E-state index contributed by atoms with van der Waals surface area (Å²) >= 11 is 3.01. The van der Waals surface area contributed by atoms with Crippen LogP contribution in [0.15, 0.2) is 27.4 Å². The summed E-state index contributed by atoms with van der Waals surface area (Å²) in [5.74, 6) is 0.375. The lowest BCUT2D eigenvalue weighted by Crippen LogP contribution is -1.94. The zero-order chi connectivity index (χ0) is 12.4. The number of rotatable bonds is 3. The highest BCUT2D eigenvalue weighted by Gasteiger charge is 2.18. The largest absolute Gasteiger partial charge is 0.490 e. The number of nitro groups is 1. The minimum absolute atomic E-state index is 0.153. The fourth-order valence-corrected chi connectivity index (χ4v) is 1.52. The second-order valence-corrected chi connectivity index (χ2v) is 3.68. The van der Waals surface area contributed by atoms with Gasteiger partial charge in [-0.1, -0.05) is 0 Å². The van der Waals surface area contributed by atoms with Crippen LogP contribution in [0.2, 0.25) is 0 Å². The second kappa shape index (κ2) is 4.50. The third kappa shape index (κ3) is 2.26. The van der Waals surface area contributed by atoms with Crippen LogP contribution >= 0.6 is 15.9 Å². The van der Waals surface area contributed by atoms with Crippen molar-refractivity contribution in [2.24, 2.45) is 0 Å². The van der Waals surface area contributed by atoms with Gasteiger partial charge in [0.15, 0.2) is 5.75 Å². The molecule has 0 fully saturated rings. The molecule has 2 aromatic rings. The van der Waals surface area contributed by atoms with E-state index in [-0.39, 0.29) is 22.1 Å². The van der Waals surface area contributed by atoms with Crippen LogP contribution in [0.1, 0.15) is 0 Å². The van der Waals surface area contributed by atoms with Gasteiger partial charge in [-0.05, 0) is 12.1 Å². The summed E-state index contributed by atoms with van der Waals surface area (Å²) in [6, 6.07) is 4.40. The van der Waals surface area contributed by atoms with Gasteiger partial charge < -0.3 is 9.15 Å². The summed E-state index contributed by atoms with van der Waals surface area (Å²) in [6.45, 7) is 0. The van der Waals surface area contributed by atoms with E-state index in [2.05, 4.69) is 26.1 Å². The number of nitrogens with zero attached hydrogens (tertiary/aromatic N) is 3. The zero-order valence-corrected chi connectivity index (χ0v) is 10.2. The average molecular weight is 300 g/mol. The van der Waals surface area contributed by atoms with Gasteiger partial charge in [0, 0.05) is 27.6 Å². The van der Waals surface area contributed by atoms with Gasteiger partial charge in [0.25, 0.3) is 4.80 Å². The highest BCUT2D eigenvalue weighted by Crippen LogP contribution is 2.31. The molecule has 0 saturated carbocycles. The van der Waals surface area contributed by atoms with Crippen LogP contribution in [0.4, 0.5) is 5.69 Å². The fraction of sp³-hybridized carbons (Fsp3) is 0.111. The normalized spacial score (nSPS) is 10.2. The lowest BCUT2D eigenvalue weighted by molar-refractivity contribution is -0.385. The van der Waals surface area contributed by atoms with Crippen molar-refractivity contribution in [1.29, 1.82) is 0 Å². The summed E-state index contributed by atoms with van der Waals surface area (Å²) in [6.07, 6.45) is 0. The van der Waals surface area contributed by atoms with Crippen molar-refractivity contribution in [3.05, 3.63) is 33.1 Å². The molecule has 8 heteroatoms. The van der Waals surface area contributed by atoms with Crippen molar-refractivity contribution in [3.63, 3.8) is 0 Å². The Balaban J connectivity index is 2.50. The Hall–Kier alpha value is -1.96. The van der Waals surface area contributed by atoms with Crippen LogP contribution in [0, 0.1) is 10.1 Å². The van der Waals surface area contributed by atoms with E-state index in [1.54, 1.807) is 6.07 Å². The zero-order valence-electron chi connectivity index (χ0n) is 8.58.